The molecule has 1 fully saturated rings. The molecule has 1 saturated heterocycles. The molecule has 0 aromatic heterocycles. The van der Waals surface area contributed by atoms with Crippen LogP contribution in [0, 0.1) is 0 Å². The molecular formula is C17H21N2O4S+. The zero-order valence-electron chi connectivity index (χ0n) is 13.8. The molecule has 2 aliphatic heterocycles. The molecule has 0 bridgehead atoms. The molecule has 0 saturated carbocycles. The van der Waals surface area contributed by atoms with Crippen molar-refractivity contribution in [3.63, 3.8) is 0 Å². The van der Waals surface area contributed by atoms with Crippen LogP contribution in [-0.2, 0) is 20.7 Å². The molecule has 2 atom stereocenters. The summed E-state index contributed by atoms with van der Waals surface area (Å²) in [5.74, 6) is -0.310. The average Bonchev–Trinajstić information content (AvgIpc) is 2.85. The van der Waals surface area contributed by atoms with Crippen LogP contribution in [0.1, 0.15) is 22.8 Å². The maximum absolute atomic E-state index is 12.4. The number of Topliss-reactive ketones (excluding diaryl/α,β-unsaturated/α-hetero) is 1. The Morgan fingerprint density at radius 3 is 2.92 bits per heavy atom. The Morgan fingerprint density at radius 2 is 2.21 bits per heavy atom. The molecule has 0 radical (unpaired) electrons. The molecule has 128 valence electrons. The molecule has 0 aliphatic carbocycles. The highest BCUT2D eigenvalue weighted by Gasteiger charge is 2.39. The highest BCUT2D eigenvalue weighted by molar-refractivity contribution is 8.00. The minimum absolute atomic E-state index is 0.214. The number of esters is 1. The topological polar surface area (TPSA) is 68.1 Å². The van der Waals surface area contributed by atoms with Crippen LogP contribution in [0.3, 0.4) is 0 Å². The monoisotopic (exact) mass is 349 g/mol. The number of fused-ring (bicyclic) bond motifs is 1. The van der Waals surface area contributed by atoms with Crippen molar-refractivity contribution in [2.45, 2.75) is 18.6 Å². The number of nitrogens with one attached hydrogen (secondary N) is 1. The minimum atomic E-state index is -0.474. The second-order valence-corrected chi connectivity index (χ2v) is 7.32. The lowest BCUT2D eigenvalue weighted by Gasteiger charge is -2.30. The number of amides is 1. The third kappa shape index (κ3) is 3.06. The summed E-state index contributed by atoms with van der Waals surface area (Å²) in [6.07, 6.45) is 0.824. The first-order valence-electron chi connectivity index (χ1n) is 8.07. The molecule has 3 rings (SSSR count). The molecule has 24 heavy (non-hydrogen) atoms. The Kier molecular flexibility index (Phi) is 4.91. The standard InChI is InChI=1S/C17H20N2O4S/c1-3-11-4-5-13-12(8-11)15(20)16(21)19(13)10-18-6-7-24-14(9-18)17(22)23-2/h4-5,8,14H,3,6-7,9-10H2,1-2H3/p+1/t14-/m0/s1. The van der Waals surface area contributed by atoms with Gasteiger partial charge in [-0.05, 0) is 24.1 Å². The Balaban J connectivity index is 1.77. The number of quaternary nitrogens is 1. The first-order chi connectivity index (χ1) is 11.5. The maximum atomic E-state index is 12.4. The maximum Gasteiger partial charge on any atom is 0.324 e. The lowest BCUT2D eigenvalue weighted by atomic mass is 10.1. The van der Waals surface area contributed by atoms with Gasteiger partial charge < -0.3 is 9.64 Å². The highest BCUT2D eigenvalue weighted by atomic mass is 32.2. The number of methoxy groups -OCH3 is 1. The molecule has 1 aromatic rings. The summed E-state index contributed by atoms with van der Waals surface area (Å²) in [4.78, 5) is 39.0. The van der Waals surface area contributed by atoms with E-state index in [4.69, 9.17) is 4.74 Å². The summed E-state index contributed by atoms with van der Waals surface area (Å²) in [6.45, 7) is 3.86. The third-order valence-electron chi connectivity index (χ3n) is 4.54. The van der Waals surface area contributed by atoms with Gasteiger partial charge in [-0.2, -0.15) is 0 Å². The number of thioether (sulfide) groups is 1. The summed E-state index contributed by atoms with van der Waals surface area (Å²) in [5, 5.41) is -0.214. The molecule has 1 N–H and O–H groups in total. The first-order valence-corrected chi connectivity index (χ1v) is 9.12. The van der Waals surface area contributed by atoms with Crippen molar-refractivity contribution < 1.29 is 24.0 Å². The number of hydrogen-bond acceptors (Lipinski definition) is 5. The van der Waals surface area contributed by atoms with Crippen molar-refractivity contribution in [2.75, 3.05) is 37.5 Å². The number of carbonyl (C=O) groups is 3. The number of ether oxygens (including phenoxy) is 1. The van der Waals surface area contributed by atoms with Crippen molar-refractivity contribution in [3.8, 4) is 0 Å². The van der Waals surface area contributed by atoms with Gasteiger partial charge in [-0.15, -0.1) is 11.8 Å². The average molecular weight is 349 g/mol. The van der Waals surface area contributed by atoms with E-state index in [2.05, 4.69) is 0 Å². The van der Waals surface area contributed by atoms with Crippen LogP contribution < -0.4 is 9.80 Å². The van der Waals surface area contributed by atoms with E-state index in [0.29, 0.717) is 24.5 Å². The number of nitrogens with zero attached hydrogens (tertiary/aromatic N) is 1. The molecule has 6 nitrogen and oxygen atoms in total. The summed E-state index contributed by atoms with van der Waals surface area (Å²) in [6, 6.07) is 5.62. The van der Waals surface area contributed by atoms with Gasteiger partial charge in [0.1, 0.15) is 6.54 Å². The van der Waals surface area contributed by atoms with Gasteiger partial charge >= 0.3 is 11.9 Å². The van der Waals surface area contributed by atoms with E-state index in [9.17, 15) is 14.4 Å². The van der Waals surface area contributed by atoms with E-state index in [1.54, 1.807) is 16.7 Å². The van der Waals surface area contributed by atoms with Gasteiger partial charge in [-0.25, -0.2) is 0 Å². The fraction of sp³-hybridized carbons (Fsp3) is 0.471. The van der Waals surface area contributed by atoms with Gasteiger partial charge in [-0.1, -0.05) is 13.0 Å². The molecule has 0 spiro atoms. The van der Waals surface area contributed by atoms with Gasteiger partial charge in [-0.3, -0.25) is 19.3 Å². The van der Waals surface area contributed by atoms with E-state index < -0.39 is 11.7 Å². The fourth-order valence-electron chi connectivity index (χ4n) is 3.14. The lowest BCUT2D eigenvalue weighted by molar-refractivity contribution is -0.896. The van der Waals surface area contributed by atoms with Gasteiger partial charge in [0.05, 0.1) is 24.9 Å². The Labute approximate surface area is 145 Å². The van der Waals surface area contributed by atoms with E-state index in [1.807, 2.05) is 25.1 Å². The summed E-state index contributed by atoms with van der Waals surface area (Å²) < 4.78 is 4.82. The Morgan fingerprint density at radius 1 is 1.42 bits per heavy atom. The van der Waals surface area contributed by atoms with E-state index in [-0.39, 0.29) is 11.2 Å². The minimum Gasteiger partial charge on any atom is -0.468 e. The normalized spacial score (nSPS) is 23.3. The molecule has 1 unspecified atom stereocenters. The number of rotatable bonds is 4. The summed E-state index contributed by atoms with van der Waals surface area (Å²) >= 11 is 1.58. The van der Waals surface area contributed by atoms with Crippen LogP contribution in [0.25, 0.3) is 0 Å². The second kappa shape index (κ2) is 6.94. The van der Waals surface area contributed by atoms with Gasteiger partial charge in [0.25, 0.3) is 5.78 Å². The zero-order valence-corrected chi connectivity index (χ0v) is 14.6. The predicted molar refractivity (Wildman–Crippen MR) is 91.5 cm³/mol. The van der Waals surface area contributed by atoms with Crippen molar-refractivity contribution in [1.82, 2.24) is 0 Å². The number of carbonyl (C=O) groups excluding carboxylic acids is 3. The van der Waals surface area contributed by atoms with Crippen molar-refractivity contribution in [1.29, 1.82) is 0 Å². The van der Waals surface area contributed by atoms with Crippen LogP contribution in [-0.4, -0.2) is 55.5 Å². The molecule has 1 aromatic carbocycles. The van der Waals surface area contributed by atoms with Gasteiger partial charge in [0.2, 0.25) is 0 Å². The summed E-state index contributed by atoms with van der Waals surface area (Å²) in [7, 11) is 1.39. The molecule has 2 aliphatic rings. The van der Waals surface area contributed by atoms with Crippen LogP contribution >= 0.6 is 11.8 Å². The second-order valence-electron chi connectivity index (χ2n) is 6.01. The van der Waals surface area contributed by atoms with E-state index >= 15 is 0 Å². The molecule has 2 heterocycles. The van der Waals surface area contributed by atoms with Crippen molar-refractivity contribution in [2.24, 2.45) is 0 Å². The smallest absolute Gasteiger partial charge is 0.324 e. The highest BCUT2D eigenvalue weighted by Crippen LogP contribution is 2.29. The van der Waals surface area contributed by atoms with Gasteiger partial charge in [0, 0.05) is 5.75 Å². The predicted octanol–water partition coefficient (Wildman–Crippen LogP) is -0.0909. The number of hydrogen-bond donors (Lipinski definition) is 1. The first kappa shape index (κ1) is 17.0. The van der Waals surface area contributed by atoms with E-state index in [0.717, 1.165) is 29.2 Å². The van der Waals surface area contributed by atoms with Crippen LogP contribution in [0.2, 0.25) is 0 Å². The lowest BCUT2D eigenvalue weighted by Crippen LogP contribution is -3.16. The number of aryl methyl sites for hydroxylation is 1. The quantitative estimate of drug-likeness (QED) is 0.608. The number of benzene rings is 1. The SMILES string of the molecule is CCc1ccc2c(c1)C(=O)C(=O)N2C[NH+]1CCS[C@H](C(=O)OC)C1. The van der Waals surface area contributed by atoms with Crippen molar-refractivity contribution >= 4 is 35.1 Å². The number of ketones is 1. The largest absolute Gasteiger partial charge is 0.468 e. The summed E-state index contributed by atoms with van der Waals surface area (Å²) in [5.41, 5.74) is 2.22. The Hall–Kier alpha value is -1.86. The van der Waals surface area contributed by atoms with Crippen molar-refractivity contribution in [3.05, 3.63) is 29.3 Å². The van der Waals surface area contributed by atoms with Gasteiger partial charge in [0.15, 0.2) is 11.9 Å². The molecule has 7 heteroatoms. The fourth-order valence-corrected chi connectivity index (χ4v) is 4.42. The van der Waals surface area contributed by atoms with Crippen LogP contribution in [0.5, 0.6) is 0 Å². The van der Waals surface area contributed by atoms with E-state index in [1.165, 1.54) is 7.11 Å². The third-order valence-corrected chi connectivity index (χ3v) is 5.74. The zero-order chi connectivity index (χ0) is 17.3. The molecule has 1 amide bonds. The Bertz CT molecular complexity index is 691. The number of anilines is 1. The van der Waals surface area contributed by atoms with Crippen LogP contribution in [0.4, 0.5) is 5.69 Å². The van der Waals surface area contributed by atoms with Crippen LogP contribution in [0.15, 0.2) is 18.2 Å². The molecular weight excluding hydrogens is 328 g/mol.